The van der Waals surface area contributed by atoms with Crippen LogP contribution in [0.2, 0.25) is 0 Å². The van der Waals surface area contributed by atoms with Crippen molar-refractivity contribution >= 4 is 5.91 Å². The minimum atomic E-state index is -0.192. The normalized spacial score (nSPS) is 33.8. The third-order valence-electron chi connectivity index (χ3n) is 5.08. The van der Waals surface area contributed by atoms with Crippen molar-refractivity contribution in [2.45, 2.75) is 63.2 Å². The van der Waals surface area contributed by atoms with Crippen LogP contribution in [0.15, 0.2) is 0 Å². The molecule has 0 radical (unpaired) electrons. The van der Waals surface area contributed by atoms with Crippen LogP contribution in [0.3, 0.4) is 0 Å². The second-order valence-corrected chi connectivity index (χ2v) is 6.36. The summed E-state index contributed by atoms with van der Waals surface area (Å²) in [6.45, 7) is 4.39. The zero-order chi connectivity index (χ0) is 12.8. The summed E-state index contributed by atoms with van der Waals surface area (Å²) in [6, 6.07) is 0.455. The lowest BCUT2D eigenvalue weighted by Gasteiger charge is -2.37. The van der Waals surface area contributed by atoms with Crippen LogP contribution in [0.5, 0.6) is 0 Å². The topological polar surface area (TPSA) is 35.6 Å². The summed E-state index contributed by atoms with van der Waals surface area (Å²) < 4.78 is 0. The molecule has 0 aromatic rings. The lowest BCUT2D eigenvalue weighted by molar-refractivity contribution is -0.136. The third-order valence-corrected chi connectivity index (χ3v) is 5.08. The highest BCUT2D eigenvalue weighted by Crippen LogP contribution is 2.38. The molecule has 1 aliphatic carbocycles. The average Bonchev–Trinajstić information content (AvgIpc) is 2.89. The van der Waals surface area contributed by atoms with Crippen molar-refractivity contribution in [1.29, 1.82) is 0 Å². The summed E-state index contributed by atoms with van der Waals surface area (Å²) in [4.78, 5) is 17.3. The Morgan fingerprint density at radius 3 is 2.44 bits per heavy atom. The molecule has 1 atom stereocenters. The van der Waals surface area contributed by atoms with Crippen LogP contribution in [-0.2, 0) is 4.79 Å². The number of nitrogens with one attached hydrogen (secondary N) is 1. The molecule has 102 valence electrons. The second kappa shape index (κ2) is 4.49. The van der Waals surface area contributed by atoms with E-state index in [0.29, 0.717) is 11.9 Å². The number of rotatable bonds is 1. The molecule has 0 bridgehead atoms. The Bertz CT molecular complexity index is 330. The van der Waals surface area contributed by atoms with Crippen molar-refractivity contribution in [3.63, 3.8) is 0 Å². The van der Waals surface area contributed by atoms with Crippen LogP contribution in [0.25, 0.3) is 0 Å². The maximum atomic E-state index is 12.8. The SMILES string of the molecule is CC1NC2(CCCC2)C(=O)N1C1CCN(C)CC1. The van der Waals surface area contributed by atoms with Gasteiger partial charge < -0.3 is 9.80 Å². The predicted molar refractivity (Wildman–Crippen MR) is 71.2 cm³/mol. The first-order valence-electron chi connectivity index (χ1n) is 7.41. The van der Waals surface area contributed by atoms with Crippen LogP contribution in [0.4, 0.5) is 0 Å². The molecule has 4 nitrogen and oxygen atoms in total. The van der Waals surface area contributed by atoms with Crippen LogP contribution >= 0.6 is 0 Å². The Labute approximate surface area is 110 Å². The van der Waals surface area contributed by atoms with E-state index >= 15 is 0 Å². The largest absolute Gasteiger partial charge is 0.323 e. The van der Waals surface area contributed by atoms with Crippen LogP contribution in [-0.4, -0.2) is 53.6 Å². The molecule has 4 heteroatoms. The Hall–Kier alpha value is -0.610. The molecule has 3 aliphatic rings. The molecule has 2 saturated heterocycles. The van der Waals surface area contributed by atoms with Crippen LogP contribution in [0, 0.1) is 0 Å². The molecular weight excluding hydrogens is 226 g/mol. The number of amides is 1. The number of nitrogens with zero attached hydrogens (tertiary/aromatic N) is 2. The summed E-state index contributed by atoms with van der Waals surface area (Å²) in [5, 5.41) is 3.60. The molecular formula is C14H25N3O. The lowest BCUT2D eigenvalue weighted by atomic mass is 9.96. The fraction of sp³-hybridized carbons (Fsp3) is 0.929. The molecule has 0 aromatic heterocycles. The number of carbonyl (C=O) groups excluding carboxylic acids is 1. The number of hydrogen-bond donors (Lipinski definition) is 1. The first-order chi connectivity index (χ1) is 8.62. The van der Waals surface area contributed by atoms with Gasteiger partial charge in [0, 0.05) is 6.04 Å². The molecule has 1 N–H and O–H groups in total. The number of carbonyl (C=O) groups is 1. The molecule has 2 aliphatic heterocycles. The summed E-state index contributed by atoms with van der Waals surface area (Å²) >= 11 is 0. The van der Waals surface area contributed by atoms with Crippen LogP contribution < -0.4 is 5.32 Å². The second-order valence-electron chi connectivity index (χ2n) is 6.36. The van der Waals surface area contributed by atoms with Gasteiger partial charge in [-0.05, 0) is 52.7 Å². The Balaban J connectivity index is 1.74. The predicted octanol–water partition coefficient (Wildman–Crippen LogP) is 1.17. The van der Waals surface area contributed by atoms with Crippen molar-refractivity contribution in [2.75, 3.05) is 20.1 Å². The summed E-state index contributed by atoms with van der Waals surface area (Å²) in [6.07, 6.45) is 6.97. The van der Waals surface area contributed by atoms with Crippen molar-refractivity contribution in [2.24, 2.45) is 0 Å². The van der Waals surface area contributed by atoms with Gasteiger partial charge in [0.15, 0.2) is 0 Å². The van der Waals surface area contributed by atoms with E-state index in [2.05, 4.69) is 29.1 Å². The van der Waals surface area contributed by atoms with E-state index in [4.69, 9.17) is 0 Å². The van der Waals surface area contributed by atoms with E-state index in [0.717, 1.165) is 38.8 Å². The fourth-order valence-corrected chi connectivity index (χ4v) is 4.05. The lowest BCUT2D eigenvalue weighted by Crippen LogP contribution is -2.49. The Kier molecular flexibility index (Phi) is 3.10. The molecule has 3 rings (SSSR count). The van der Waals surface area contributed by atoms with Gasteiger partial charge in [-0.15, -0.1) is 0 Å². The zero-order valence-electron chi connectivity index (χ0n) is 11.6. The van der Waals surface area contributed by atoms with E-state index in [1.807, 2.05) is 0 Å². The van der Waals surface area contributed by atoms with Crippen molar-refractivity contribution in [1.82, 2.24) is 15.1 Å². The Morgan fingerprint density at radius 2 is 1.83 bits per heavy atom. The van der Waals surface area contributed by atoms with Gasteiger partial charge in [-0.2, -0.15) is 0 Å². The highest BCUT2D eigenvalue weighted by molar-refractivity contribution is 5.89. The maximum absolute atomic E-state index is 12.8. The van der Waals surface area contributed by atoms with Crippen molar-refractivity contribution < 1.29 is 4.79 Å². The molecule has 3 fully saturated rings. The summed E-state index contributed by atoms with van der Waals surface area (Å²) in [5.74, 6) is 0.391. The molecule has 1 spiro atoms. The van der Waals surface area contributed by atoms with E-state index in [1.54, 1.807) is 0 Å². The van der Waals surface area contributed by atoms with Gasteiger partial charge in [0.2, 0.25) is 5.91 Å². The molecule has 18 heavy (non-hydrogen) atoms. The van der Waals surface area contributed by atoms with E-state index in [9.17, 15) is 4.79 Å². The number of hydrogen-bond acceptors (Lipinski definition) is 3. The van der Waals surface area contributed by atoms with Gasteiger partial charge in [0.25, 0.3) is 0 Å². The molecule has 2 heterocycles. The van der Waals surface area contributed by atoms with Gasteiger partial charge in [0.1, 0.15) is 0 Å². The summed E-state index contributed by atoms with van der Waals surface area (Å²) in [7, 11) is 2.17. The third kappa shape index (κ3) is 1.86. The standard InChI is InChI=1S/C14H25N3O/c1-11-15-14(7-3-4-8-14)13(18)17(11)12-5-9-16(2)10-6-12/h11-12,15H,3-10H2,1-2H3. The maximum Gasteiger partial charge on any atom is 0.244 e. The minimum absolute atomic E-state index is 0.192. The molecule has 1 saturated carbocycles. The summed E-state index contributed by atoms with van der Waals surface area (Å²) in [5.41, 5.74) is -0.192. The Morgan fingerprint density at radius 1 is 1.22 bits per heavy atom. The number of piperidine rings is 1. The first-order valence-corrected chi connectivity index (χ1v) is 7.41. The van der Waals surface area contributed by atoms with Gasteiger partial charge >= 0.3 is 0 Å². The van der Waals surface area contributed by atoms with E-state index < -0.39 is 0 Å². The highest BCUT2D eigenvalue weighted by Gasteiger charge is 2.52. The van der Waals surface area contributed by atoms with Gasteiger partial charge in [-0.25, -0.2) is 0 Å². The zero-order valence-corrected chi connectivity index (χ0v) is 11.6. The fourth-order valence-electron chi connectivity index (χ4n) is 4.05. The smallest absolute Gasteiger partial charge is 0.244 e. The highest BCUT2D eigenvalue weighted by atomic mass is 16.2. The van der Waals surface area contributed by atoms with Crippen molar-refractivity contribution in [3.8, 4) is 0 Å². The van der Waals surface area contributed by atoms with Crippen LogP contribution in [0.1, 0.15) is 45.4 Å². The van der Waals surface area contributed by atoms with Gasteiger partial charge in [-0.1, -0.05) is 12.8 Å². The first kappa shape index (κ1) is 12.4. The van der Waals surface area contributed by atoms with E-state index in [1.165, 1.54) is 12.8 Å². The van der Waals surface area contributed by atoms with Gasteiger partial charge in [-0.3, -0.25) is 10.1 Å². The molecule has 1 amide bonds. The van der Waals surface area contributed by atoms with Crippen molar-refractivity contribution in [3.05, 3.63) is 0 Å². The van der Waals surface area contributed by atoms with Gasteiger partial charge in [0.05, 0.1) is 11.7 Å². The monoisotopic (exact) mass is 251 g/mol. The quantitative estimate of drug-likeness (QED) is 0.760. The molecule has 0 aromatic carbocycles. The average molecular weight is 251 g/mol. The minimum Gasteiger partial charge on any atom is -0.323 e. The number of likely N-dealkylation sites (tertiary alicyclic amines) is 1. The van der Waals surface area contributed by atoms with E-state index in [-0.39, 0.29) is 11.7 Å². The molecule has 1 unspecified atom stereocenters.